The summed E-state index contributed by atoms with van der Waals surface area (Å²) < 4.78 is 39.5. The molecule has 5 rings (SSSR count). The molecule has 0 aliphatic rings. The lowest BCUT2D eigenvalue weighted by Crippen LogP contribution is -2.13. The normalized spacial score (nSPS) is 12.1. The van der Waals surface area contributed by atoms with Crippen LogP contribution >= 0.6 is 0 Å². The summed E-state index contributed by atoms with van der Waals surface area (Å²) in [5.74, 6) is -1.65. The second-order valence-corrected chi connectivity index (χ2v) is 8.60. The van der Waals surface area contributed by atoms with Gasteiger partial charge >= 0.3 is 5.76 Å². The van der Waals surface area contributed by atoms with Crippen LogP contribution in [-0.4, -0.2) is 10.1 Å². The van der Waals surface area contributed by atoms with E-state index in [-0.39, 0.29) is 22.6 Å². The molecule has 0 amide bonds. The molecule has 182 valence electrons. The molecule has 0 spiro atoms. The lowest BCUT2D eigenvalue weighted by Gasteiger charge is -2.20. The van der Waals surface area contributed by atoms with Crippen molar-refractivity contribution >= 4 is 16.7 Å². The van der Waals surface area contributed by atoms with E-state index in [0.717, 1.165) is 5.56 Å². The molecular weight excluding hydrogens is 468 g/mol. The first-order valence-corrected chi connectivity index (χ1v) is 11.2. The Kier molecular flexibility index (Phi) is 5.75. The first-order chi connectivity index (χ1) is 17.2. The van der Waals surface area contributed by atoms with Crippen molar-refractivity contribution in [1.29, 1.82) is 0 Å². The number of fused-ring (bicyclic) bond motifs is 1. The van der Waals surface area contributed by atoms with E-state index >= 15 is 0 Å². The number of hydrogen-bond donors (Lipinski definition) is 2. The minimum absolute atomic E-state index is 0.0323. The molecule has 0 saturated carbocycles. The number of aromatic nitrogens is 2. The van der Waals surface area contributed by atoms with Crippen LogP contribution in [0.1, 0.15) is 29.7 Å². The molecule has 2 aromatic heterocycles. The summed E-state index contributed by atoms with van der Waals surface area (Å²) in [6.45, 7) is 5.34. The Morgan fingerprint density at radius 2 is 1.81 bits per heavy atom. The number of aromatic amines is 1. The summed E-state index contributed by atoms with van der Waals surface area (Å²) in [7, 11) is 0. The summed E-state index contributed by atoms with van der Waals surface area (Å²) >= 11 is 0. The average Bonchev–Trinajstić information content (AvgIpc) is 3.26. The van der Waals surface area contributed by atoms with E-state index in [1.165, 1.54) is 24.3 Å². The van der Waals surface area contributed by atoms with Gasteiger partial charge in [-0.2, -0.15) is 0 Å². The number of rotatable bonds is 5. The third kappa shape index (κ3) is 4.08. The van der Waals surface area contributed by atoms with E-state index < -0.39 is 23.4 Å². The summed E-state index contributed by atoms with van der Waals surface area (Å²) in [4.78, 5) is 27.1. The first-order valence-electron chi connectivity index (χ1n) is 11.2. The molecule has 0 unspecified atom stereocenters. The van der Waals surface area contributed by atoms with Gasteiger partial charge in [-0.1, -0.05) is 29.4 Å². The van der Waals surface area contributed by atoms with Crippen LogP contribution in [0.15, 0.2) is 73.1 Å². The zero-order chi connectivity index (χ0) is 25.6. The molecule has 3 aromatic carbocycles. The zero-order valence-electron chi connectivity index (χ0n) is 19.6. The third-order valence-electron chi connectivity index (χ3n) is 6.01. The van der Waals surface area contributed by atoms with E-state index in [0.29, 0.717) is 33.3 Å². The van der Waals surface area contributed by atoms with Gasteiger partial charge < -0.3 is 9.73 Å². The van der Waals surface area contributed by atoms with Gasteiger partial charge in [-0.05, 0) is 56.7 Å². The van der Waals surface area contributed by atoms with Gasteiger partial charge in [0.25, 0.3) is 0 Å². The van der Waals surface area contributed by atoms with E-state index in [1.54, 1.807) is 31.2 Å². The van der Waals surface area contributed by atoms with Crippen molar-refractivity contribution in [3.63, 3.8) is 0 Å². The van der Waals surface area contributed by atoms with Crippen LogP contribution in [0.2, 0.25) is 0 Å². The van der Waals surface area contributed by atoms with Gasteiger partial charge in [0.1, 0.15) is 23.0 Å². The van der Waals surface area contributed by atoms with E-state index in [9.17, 15) is 18.4 Å². The van der Waals surface area contributed by atoms with Crippen molar-refractivity contribution in [3.05, 3.63) is 104 Å². The Morgan fingerprint density at radius 3 is 2.53 bits per heavy atom. The maximum absolute atomic E-state index is 14.8. The van der Waals surface area contributed by atoms with Gasteiger partial charge in [0.05, 0.1) is 17.0 Å². The monoisotopic (exact) mass is 489 g/mol. The average molecular weight is 489 g/mol. The third-order valence-corrected chi connectivity index (χ3v) is 6.01. The number of hydrogen-bond acceptors (Lipinski definition) is 6. The number of nitrogens with one attached hydrogen (secondary N) is 2. The molecule has 9 heteroatoms. The van der Waals surface area contributed by atoms with Gasteiger partial charge in [0.2, 0.25) is 0 Å². The Bertz CT molecular complexity index is 1740. The number of aryl methyl sites for hydroxylation is 1. The Morgan fingerprint density at radius 1 is 1.03 bits per heavy atom. The standard InChI is InChI=1S/C27H21F2N3O4/c1-13-10-18(15(3)30-21-9-5-8-20(29)22(21)26-31-27(34)36-32-26)25-19(11-13)23(33)14(2)24(35-25)16-6-4-7-17(28)12-16/h4-12,15,30H,1-3H3,(H,31,32,34)/t15-/m1/s1. The predicted molar refractivity (Wildman–Crippen MR) is 132 cm³/mol. The van der Waals surface area contributed by atoms with E-state index in [1.807, 2.05) is 19.9 Å². The number of halogens is 2. The molecule has 5 aromatic rings. The van der Waals surface area contributed by atoms with Gasteiger partial charge in [0.15, 0.2) is 11.3 Å². The molecule has 0 fully saturated rings. The van der Waals surface area contributed by atoms with Crippen LogP contribution in [0.4, 0.5) is 14.5 Å². The fourth-order valence-corrected chi connectivity index (χ4v) is 4.33. The topological polar surface area (TPSA) is 101 Å². The molecule has 36 heavy (non-hydrogen) atoms. The SMILES string of the molecule is Cc1cc([C@@H](C)Nc2cccc(F)c2-c2noc(=O)[nH]2)c2oc(-c3cccc(F)c3)c(C)c(=O)c2c1. The largest absolute Gasteiger partial charge is 0.455 e. The van der Waals surface area contributed by atoms with E-state index in [2.05, 4.69) is 20.0 Å². The van der Waals surface area contributed by atoms with Crippen molar-refractivity contribution in [2.75, 3.05) is 5.32 Å². The highest BCUT2D eigenvalue weighted by atomic mass is 19.1. The summed E-state index contributed by atoms with van der Waals surface area (Å²) in [6, 6.07) is 13.4. The number of benzene rings is 3. The van der Waals surface area contributed by atoms with Gasteiger partial charge in [-0.15, -0.1) is 0 Å². The fourth-order valence-electron chi connectivity index (χ4n) is 4.33. The van der Waals surface area contributed by atoms with Crippen molar-refractivity contribution in [3.8, 4) is 22.7 Å². The molecule has 0 radical (unpaired) electrons. The number of anilines is 1. The molecule has 0 aliphatic heterocycles. The highest BCUT2D eigenvalue weighted by Crippen LogP contribution is 2.35. The quantitative estimate of drug-likeness (QED) is 0.320. The lowest BCUT2D eigenvalue weighted by molar-refractivity contribution is 0.387. The van der Waals surface area contributed by atoms with Crippen molar-refractivity contribution in [1.82, 2.24) is 10.1 Å². The van der Waals surface area contributed by atoms with E-state index in [4.69, 9.17) is 4.42 Å². The summed E-state index contributed by atoms with van der Waals surface area (Å²) in [6.07, 6.45) is 0. The minimum atomic E-state index is -0.807. The Hall–Kier alpha value is -4.53. The molecule has 2 N–H and O–H groups in total. The second kappa shape index (κ2) is 8.92. The maximum Gasteiger partial charge on any atom is 0.439 e. The molecule has 7 nitrogen and oxygen atoms in total. The van der Waals surface area contributed by atoms with Crippen LogP contribution in [-0.2, 0) is 0 Å². The first kappa shape index (κ1) is 23.2. The Balaban J connectivity index is 1.66. The van der Waals surface area contributed by atoms with Crippen molar-refractivity contribution < 1.29 is 17.7 Å². The van der Waals surface area contributed by atoms with Crippen LogP contribution in [0, 0.1) is 25.5 Å². The van der Waals surface area contributed by atoms with Gasteiger partial charge in [0, 0.05) is 22.4 Å². The summed E-state index contributed by atoms with van der Waals surface area (Å²) in [5.41, 5.74) is 2.78. The predicted octanol–water partition coefficient (Wildman–Crippen LogP) is 5.87. The summed E-state index contributed by atoms with van der Waals surface area (Å²) in [5, 5.41) is 7.23. The molecule has 1 atom stereocenters. The molecule has 0 saturated heterocycles. The van der Waals surface area contributed by atoms with Gasteiger partial charge in [-0.3, -0.25) is 14.3 Å². The fraction of sp³-hybridized carbons (Fsp3) is 0.148. The van der Waals surface area contributed by atoms with Crippen molar-refractivity contribution in [2.45, 2.75) is 26.8 Å². The van der Waals surface area contributed by atoms with Crippen LogP contribution in [0.5, 0.6) is 0 Å². The molecular formula is C27H21F2N3O4. The van der Waals surface area contributed by atoms with Gasteiger partial charge in [-0.25, -0.2) is 13.6 Å². The smallest absolute Gasteiger partial charge is 0.439 e. The van der Waals surface area contributed by atoms with Crippen LogP contribution in [0.3, 0.4) is 0 Å². The lowest BCUT2D eigenvalue weighted by atomic mass is 9.98. The molecule has 0 bridgehead atoms. The van der Waals surface area contributed by atoms with Crippen LogP contribution < -0.4 is 16.5 Å². The maximum atomic E-state index is 14.8. The minimum Gasteiger partial charge on any atom is -0.455 e. The molecule has 2 heterocycles. The Labute approximate surface area is 203 Å². The number of nitrogens with zero attached hydrogens (tertiary/aromatic N) is 1. The highest BCUT2D eigenvalue weighted by Gasteiger charge is 2.21. The highest BCUT2D eigenvalue weighted by molar-refractivity contribution is 5.85. The zero-order valence-corrected chi connectivity index (χ0v) is 19.6. The second-order valence-electron chi connectivity index (χ2n) is 8.60. The molecule has 0 aliphatic carbocycles. The number of H-pyrrole nitrogens is 1. The van der Waals surface area contributed by atoms with Crippen LogP contribution in [0.25, 0.3) is 33.7 Å². The van der Waals surface area contributed by atoms with Crippen molar-refractivity contribution in [2.24, 2.45) is 0 Å².